The van der Waals surface area contributed by atoms with Crippen LogP contribution in [0.25, 0.3) is 0 Å². The zero-order chi connectivity index (χ0) is 21.3. The van der Waals surface area contributed by atoms with Gasteiger partial charge in [-0.25, -0.2) is 12.8 Å². The molecular formula is C20H22FNO6S. The number of sulfonamides is 1. The number of anilines is 1. The molecule has 1 heterocycles. The van der Waals surface area contributed by atoms with Gasteiger partial charge in [-0.05, 0) is 44.0 Å². The molecule has 1 N–H and O–H groups in total. The Morgan fingerprint density at radius 3 is 2.66 bits per heavy atom. The molecule has 2 atom stereocenters. The Morgan fingerprint density at radius 2 is 2.00 bits per heavy atom. The van der Waals surface area contributed by atoms with Gasteiger partial charge >= 0.3 is 5.97 Å². The number of esters is 1. The summed E-state index contributed by atoms with van der Waals surface area (Å²) in [5.41, 5.74) is 0.845. The Bertz CT molecular complexity index is 1040. The van der Waals surface area contributed by atoms with Crippen molar-refractivity contribution in [2.75, 3.05) is 18.0 Å². The topological polar surface area (TPSA) is 93.1 Å². The van der Waals surface area contributed by atoms with E-state index in [2.05, 4.69) is 0 Å². The second-order valence-corrected chi connectivity index (χ2v) is 8.53. The fourth-order valence-electron chi connectivity index (χ4n) is 3.51. The van der Waals surface area contributed by atoms with Crippen molar-refractivity contribution in [3.63, 3.8) is 0 Å². The first-order valence-electron chi connectivity index (χ1n) is 9.07. The molecule has 0 bridgehead atoms. The Labute approximate surface area is 168 Å². The van der Waals surface area contributed by atoms with Gasteiger partial charge in [0, 0.05) is 12.1 Å². The number of benzene rings is 2. The van der Waals surface area contributed by atoms with Gasteiger partial charge in [0.15, 0.2) is 11.6 Å². The molecule has 3 rings (SSSR count). The minimum absolute atomic E-state index is 0.109. The van der Waals surface area contributed by atoms with E-state index >= 15 is 0 Å². The van der Waals surface area contributed by atoms with Crippen LogP contribution in [0.4, 0.5) is 10.1 Å². The number of nitrogens with zero attached hydrogens (tertiary/aromatic N) is 1. The lowest BCUT2D eigenvalue weighted by atomic mass is 9.88. The number of methoxy groups -OCH3 is 1. The number of aromatic hydroxyl groups is 1. The predicted molar refractivity (Wildman–Crippen MR) is 104 cm³/mol. The predicted octanol–water partition coefficient (Wildman–Crippen LogP) is 2.86. The number of carbonyl (C=O) groups excluding carboxylic acids is 1. The lowest BCUT2D eigenvalue weighted by molar-refractivity contribution is -0.148. The van der Waals surface area contributed by atoms with Crippen LogP contribution < -0.4 is 9.04 Å². The van der Waals surface area contributed by atoms with Crippen LogP contribution in [-0.4, -0.2) is 39.3 Å². The second-order valence-electron chi connectivity index (χ2n) is 6.71. The number of fused-ring (bicyclic) bond motifs is 1. The summed E-state index contributed by atoms with van der Waals surface area (Å²) in [5, 5.41) is 9.92. The molecule has 0 fully saturated rings. The third kappa shape index (κ3) is 3.74. The van der Waals surface area contributed by atoms with Gasteiger partial charge in [0.05, 0.1) is 36.3 Å². The molecule has 2 aromatic rings. The van der Waals surface area contributed by atoms with Crippen LogP contribution in [0.2, 0.25) is 0 Å². The summed E-state index contributed by atoms with van der Waals surface area (Å²) in [4.78, 5) is 12.3. The van der Waals surface area contributed by atoms with Gasteiger partial charge in [0.2, 0.25) is 0 Å². The molecule has 29 heavy (non-hydrogen) atoms. The molecule has 0 amide bonds. The number of halogens is 1. The van der Waals surface area contributed by atoms with Gasteiger partial charge in [-0.15, -0.1) is 0 Å². The van der Waals surface area contributed by atoms with Crippen LogP contribution in [0.3, 0.4) is 0 Å². The van der Waals surface area contributed by atoms with E-state index in [-0.39, 0.29) is 35.1 Å². The number of hydrogen-bond donors (Lipinski definition) is 1. The maximum atomic E-state index is 13.8. The Hall–Kier alpha value is -2.81. The maximum absolute atomic E-state index is 13.8. The lowest BCUT2D eigenvalue weighted by Crippen LogP contribution is -2.49. The molecule has 7 nitrogen and oxygen atoms in total. The van der Waals surface area contributed by atoms with E-state index < -0.39 is 33.8 Å². The second kappa shape index (κ2) is 7.90. The standard InChI is InChI=1S/C20H22FNO6S/c1-4-28-20(24)16-9-13-5-6-14(23)10-18(13)22(12(16)2)29(25,26)15-7-8-17(21)19(11-15)27-3/h5-8,10-12,16,23H,4,9H2,1-3H3/t12-,16?/m1/s1. The Kier molecular flexibility index (Phi) is 5.70. The van der Waals surface area contributed by atoms with Crippen molar-refractivity contribution in [1.29, 1.82) is 0 Å². The molecule has 1 aliphatic rings. The van der Waals surface area contributed by atoms with Crippen molar-refractivity contribution in [1.82, 2.24) is 0 Å². The third-order valence-corrected chi connectivity index (χ3v) is 6.86. The first-order valence-corrected chi connectivity index (χ1v) is 10.5. The molecule has 0 aliphatic carbocycles. The molecule has 1 unspecified atom stereocenters. The minimum Gasteiger partial charge on any atom is -0.508 e. The lowest BCUT2D eigenvalue weighted by Gasteiger charge is -2.40. The Morgan fingerprint density at radius 1 is 1.28 bits per heavy atom. The van der Waals surface area contributed by atoms with Crippen molar-refractivity contribution in [3.8, 4) is 11.5 Å². The summed E-state index contributed by atoms with van der Waals surface area (Å²) in [6.45, 7) is 3.45. The van der Waals surface area contributed by atoms with Gasteiger partial charge in [0.25, 0.3) is 10.0 Å². The SMILES string of the molecule is CCOC(=O)C1Cc2ccc(O)cc2N(S(=O)(=O)c2ccc(F)c(OC)c2)[C@@H]1C. The first kappa shape index (κ1) is 20.9. The highest BCUT2D eigenvalue weighted by Gasteiger charge is 2.43. The smallest absolute Gasteiger partial charge is 0.311 e. The number of ether oxygens (including phenoxy) is 2. The Balaban J connectivity index is 2.16. The third-order valence-electron chi connectivity index (χ3n) is 4.97. The van der Waals surface area contributed by atoms with Crippen LogP contribution in [0.5, 0.6) is 11.5 Å². The van der Waals surface area contributed by atoms with Crippen LogP contribution >= 0.6 is 0 Å². The van der Waals surface area contributed by atoms with Crippen LogP contribution in [0.15, 0.2) is 41.3 Å². The largest absolute Gasteiger partial charge is 0.508 e. The normalized spacial score (nSPS) is 18.8. The maximum Gasteiger partial charge on any atom is 0.311 e. The van der Waals surface area contributed by atoms with Crippen molar-refractivity contribution >= 4 is 21.7 Å². The summed E-state index contributed by atoms with van der Waals surface area (Å²) in [5.74, 6) is -2.25. The van der Waals surface area contributed by atoms with E-state index in [9.17, 15) is 22.7 Å². The summed E-state index contributed by atoms with van der Waals surface area (Å²) in [7, 11) is -2.97. The average Bonchev–Trinajstić information content (AvgIpc) is 2.67. The molecule has 156 valence electrons. The number of carbonyl (C=O) groups is 1. The van der Waals surface area contributed by atoms with Crippen LogP contribution in [-0.2, 0) is 26.0 Å². The monoisotopic (exact) mass is 423 g/mol. The summed E-state index contributed by atoms with van der Waals surface area (Å²) >= 11 is 0. The highest BCUT2D eigenvalue weighted by Crippen LogP contribution is 2.40. The van der Waals surface area contributed by atoms with E-state index in [0.29, 0.717) is 5.56 Å². The van der Waals surface area contributed by atoms with E-state index in [4.69, 9.17) is 9.47 Å². The number of phenols is 1. The van der Waals surface area contributed by atoms with Crippen LogP contribution in [0, 0.1) is 11.7 Å². The quantitative estimate of drug-likeness (QED) is 0.744. The van der Waals surface area contributed by atoms with Gasteiger partial charge in [0.1, 0.15) is 5.75 Å². The van der Waals surface area contributed by atoms with E-state index in [0.717, 1.165) is 22.5 Å². The highest BCUT2D eigenvalue weighted by molar-refractivity contribution is 7.92. The average molecular weight is 423 g/mol. The molecule has 9 heteroatoms. The fourth-order valence-corrected chi connectivity index (χ4v) is 5.25. The first-order chi connectivity index (χ1) is 13.7. The van der Waals surface area contributed by atoms with Crippen molar-refractivity contribution < 1.29 is 32.2 Å². The van der Waals surface area contributed by atoms with Gasteiger partial charge < -0.3 is 14.6 Å². The van der Waals surface area contributed by atoms with Gasteiger partial charge in [-0.2, -0.15) is 0 Å². The molecule has 0 saturated heterocycles. The van der Waals surface area contributed by atoms with E-state index in [1.54, 1.807) is 19.9 Å². The van der Waals surface area contributed by atoms with Crippen LogP contribution in [0.1, 0.15) is 19.4 Å². The molecule has 0 saturated carbocycles. The molecule has 1 aliphatic heterocycles. The molecular weight excluding hydrogens is 401 g/mol. The van der Waals surface area contributed by atoms with Crippen molar-refractivity contribution in [2.24, 2.45) is 5.92 Å². The summed E-state index contributed by atoms with van der Waals surface area (Å²) in [6.07, 6.45) is 0.272. The molecule has 0 radical (unpaired) electrons. The molecule has 0 aromatic heterocycles. The molecule has 2 aromatic carbocycles. The summed E-state index contributed by atoms with van der Waals surface area (Å²) < 4.78 is 51.9. The summed E-state index contributed by atoms with van der Waals surface area (Å²) in [6, 6.07) is 6.80. The van der Waals surface area contributed by atoms with Crippen molar-refractivity contribution in [2.45, 2.75) is 31.2 Å². The zero-order valence-electron chi connectivity index (χ0n) is 16.3. The number of rotatable bonds is 5. The van der Waals surface area contributed by atoms with E-state index in [1.807, 2.05) is 0 Å². The molecule has 0 spiro atoms. The van der Waals surface area contributed by atoms with Gasteiger partial charge in [-0.1, -0.05) is 6.07 Å². The zero-order valence-corrected chi connectivity index (χ0v) is 17.1. The minimum atomic E-state index is -4.20. The number of phenolic OH excluding ortho intramolecular Hbond substituents is 1. The fraction of sp³-hybridized carbons (Fsp3) is 0.350. The highest BCUT2D eigenvalue weighted by atomic mass is 32.2. The number of hydrogen-bond acceptors (Lipinski definition) is 6. The van der Waals surface area contributed by atoms with Crippen molar-refractivity contribution in [3.05, 3.63) is 47.8 Å². The van der Waals surface area contributed by atoms with E-state index in [1.165, 1.54) is 19.2 Å². The van der Waals surface area contributed by atoms with Gasteiger partial charge in [-0.3, -0.25) is 9.10 Å².